The summed E-state index contributed by atoms with van der Waals surface area (Å²) >= 11 is 0. The van der Waals surface area contributed by atoms with Gasteiger partial charge in [-0.3, -0.25) is 14.4 Å². The molecule has 0 unspecified atom stereocenters. The molecule has 120 valence electrons. The number of urea groups is 1. The number of carbonyl (C=O) groups is 4. The maximum Gasteiger partial charge on any atom is 0.323 e. The zero-order valence-electron chi connectivity index (χ0n) is 12.5. The SMILES string of the molecule is CCCN(CC(=O)N(C)C)C(=O)N(CC(N)=O)CC(=O)O. The number of carbonyl (C=O) groups excluding carboxylic acids is 3. The van der Waals surface area contributed by atoms with Gasteiger partial charge in [0.1, 0.15) is 19.6 Å². The third kappa shape index (κ3) is 7.14. The Kier molecular flexibility index (Phi) is 7.80. The zero-order chi connectivity index (χ0) is 16.6. The molecule has 0 atom stereocenters. The molecule has 0 saturated heterocycles. The van der Waals surface area contributed by atoms with Crippen LogP contribution in [0.1, 0.15) is 13.3 Å². The lowest BCUT2D eigenvalue weighted by atomic mass is 10.3. The Morgan fingerprint density at radius 2 is 1.57 bits per heavy atom. The summed E-state index contributed by atoms with van der Waals surface area (Å²) in [5.41, 5.74) is 5.01. The van der Waals surface area contributed by atoms with Crippen molar-refractivity contribution in [2.24, 2.45) is 5.73 Å². The second-order valence-corrected chi connectivity index (χ2v) is 4.71. The topological polar surface area (TPSA) is 124 Å². The molecule has 0 aliphatic carbocycles. The summed E-state index contributed by atoms with van der Waals surface area (Å²) in [5.74, 6) is -2.38. The summed E-state index contributed by atoms with van der Waals surface area (Å²) in [5, 5.41) is 8.79. The van der Waals surface area contributed by atoms with Crippen LogP contribution in [0.25, 0.3) is 0 Å². The van der Waals surface area contributed by atoms with Gasteiger partial charge in [0.05, 0.1) is 0 Å². The summed E-state index contributed by atoms with van der Waals surface area (Å²) in [6.45, 7) is 0.734. The number of nitrogens with two attached hydrogens (primary N) is 1. The predicted octanol–water partition coefficient (Wildman–Crippen LogP) is -1.22. The fraction of sp³-hybridized carbons (Fsp3) is 0.667. The van der Waals surface area contributed by atoms with Crippen LogP contribution in [0.3, 0.4) is 0 Å². The van der Waals surface area contributed by atoms with E-state index in [2.05, 4.69) is 0 Å². The highest BCUT2D eigenvalue weighted by atomic mass is 16.4. The summed E-state index contributed by atoms with van der Waals surface area (Å²) in [6.07, 6.45) is 0.587. The molecule has 0 rings (SSSR count). The van der Waals surface area contributed by atoms with Crippen LogP contribution >= 0.6 is 0 Å². The monoisotopic (exact) mass is 302 g/mol. The van der Waals surface area contributed by atoms with Crippen molar-refractivity contribution < 1.29 is 24.3 Å². The zero-order valence-corrected chi connectivity index (χ0v) is 12.5. The van der Waals surface area contributed by atoms with Gasteiger partial charge in [0.15, 0.2) is 0 Å². The molecule has 21 heavy (non-hydrogen) atoms. The van der Waals surface area contributed by atoms with Crippen LogP contribution in [0.5, 0.6) is 0 Å². The number of carboxylic acids is 1. The molecule has 0 aromatic rings. The Morgan fingerprint density at radius 3 is 1.95 bits per heavy atom. The van der Waals surface area contributed by atoms with Crippen molar-refractivity contribution in [2.45, 2.75) is 13.3 Å². The van der Waals surface area contributed by atoms with E-state index in [-0.39, 0.29) is 19.0 Å². The van der Waals surface area contributed by atoms with E-state index in [9.17, 15) is 19.2 Å². The molecule has 9 nitrogen and oxygen atoms in total. The maximum absolute atomic E-state index is 12.3. The molecular weight excluding hydrogens is 280 g/mol. The van der Waals surface area contributed by atoms with E-state index < -0.39 is 31.0 Å². The number of amides is 4. The maximum atomic E-state index is 12.3. The minimum absolute atomic E-state index is 0.186. The van der Waals surface area contributed by atoms with Gasteiger partial charge < -0.3 is 25.5 Å². The first-order valence-electron chi connectivity index (χ1n) is 6.43. The third-order valence-electron chi connectivity index (χ3n) is 2.53. The number of nitrogens with zero attached hydrogens (tertiary/aromatic N) is 3. The van der Waals surface area contributed by atoms with Crippen LogP contribution in [-0.4, -0.2) is 83.9 Å². The molecule has 0 radical (unpaired) electrons. The van der Waals surface area contributed by atoms with Crippen molar-refractivity contribution in [3.63, 3.8) is 0 Å². The first-order chi connectivity index (χ1) is 9.68. The van der Waals surface area contributed by atoms with E-state index in [0.29, 0.717) is 6.42 Å². The summed E-state index contributed by atoms with van der Waals surface area (Å²) in [4.78, 5) is 49.0. The van der Waals surface area contributed by atoms with Crippen LogP contribution in [0.4, 0.5) is 4.79 Å². The van der Waals surface area contributed by atoms with Gasteiger partial charge >= 0.3 is 12.0 Å². The Bertz CT molecular complexity index is 394. The lowest BCUT2D eigenvalue weighted by Gasteiger charge is -2.29. The molecule has 0 saturated carbocycles. The quantitative estimate of drug-likeness (QED) is 0.581. The number of rotatable bonds is 8. The molecule has 0 heterocycles. The first kappa shape index (κ1) is 18.7. The number of hydrogen-bond donors (Lipinski definition) is 2. The van der Waals surface area contributed by atoms with Crippen molar-refractivity contribution in [3.05, 3.63) is 0 Å². The van der Waals surface area contributed by atoms with Crippen molar-refractivity contribution >= 4 is 23.8 Å². The van der Waals surface area contributed by atoms with Crippen molar-refractivity contribution in [1.82, 2.24) is 14.7 Å². The molecule has 0 aromatic carbocycles. The lowest BCUT2D eigenvalue weighted by Crippen LogP contribution is -2.51. The predicted molar refractivity (Wildman–Crippen MR) is 74.4 cm³/mol. The van der Waals surface area contributed by atoms with Crippen LogP contribution in [0, 0.1) is 0 Å². The number of aliphatic carboxylic acids is 1. The number of likely N-dealkylation sites (N-methyl/N-ethyl adjacent to an activating group) is 1. The van der Waals surface area contributed by atoms with E-state index in [1.807, 2.05) is 6.92 Å². The van der Waals surface area contributed by atoms with E-state index in [1.54, 1.807) is 14.1 Å². The highest BCUT2D eigenvalue weighted by Gasteiger charge is 2.25. The minimum atomic E-state index is -1.26. The molecule has 0 spiro atoms. The molecule has 4 amide bonds. The van der Waals surface area contributed by atoms with E-state index >= 15 is 0 Å². The van der Waals surface area contributed by atoms with Crippen LogP contribution in [-0.2, 0) is 14.4 Å². The van der Waals surface area contributed by atoms with Gasteiger partial charge in [-0.25, -0.2) is 4.79 Å². The van der Waals surface area contributed by atoms with Crippen molar-refractivity contribution in [1.29, 1.82) is 0 Å². The molecule has 0 aliphatic heterocycles. The second kappa shape index (κ2) is 8.77. The minimum Gasteiger partial charge on any atom is -0.480 e. The smallest absolute Gasteiger partial charge is 0.323 e. The van der Waals surface area contributed by atoms with Gasteiger partial charge in [-0.15, -0.1) is 0 Å². The van der Waals surface area contributed by atoms with Gasteiger partial charge in [0.2, 0.25) is 11.8 Å². The molecule has 3 N–H and O–H groups in total. The van der Waals surface area contributed by atoms with Crippen molar-refractivity contribution in [2.75, 3.05) is 40.3 Å². The average molecular weight is 302 g/mol. The highest BCUT2D eigenvalue weighted by Crippen LogP contribution is 2.02. The molecule has 0 aromatic heterocycles. The summed E-state index contributed by atoms with van der Waals surface area (Å²) in [6, 6.07) is -0.701. The Morgan fingerprint density at radius 1 is 1.00 bits per heavy atom. The number of hydrogen-bond acceptors (Lipinski definition) is 4. The van der Waals surface area contributed by atoms with Gasteiger partial charge in [-0.2, -0.15) is 0 Å². The largest absolute Gasteiger partial charge is 0.480 e. The van der Waals surface area contributed by atoms with E-state index in [0.717, 1.165) is 4.90 Å². The summed E-state index contributed by atoms with van der Waals surface area (Å²) < 4.78 is 0. The molecule has 0 fully saturated rings. The molecule has 0 aliphatic rings. The van der Waals surface area contributed by atoms with Crippen LogP contribution < -0.4 is 5.73 Å². The van der Waals surface area contributed by atoms with Crippen LogP contribution in [0.15, 0.2) is 0 Å². The fourth-order valence-corrected chi connectivity index (χ4v) is 1.56. The first-order valence-corrected chi connectivity index (χ1v) is 6.43. The van der Waals surface area contributed by atoms with Crippen LogP contribution in [0.2, 0.25) is 0 Å². The number of carboxylic acid groups (broad SMARTS) is 1. The average Bonchev–Trinajstić information content (AvgIpc) is 2.35. The Hall–Kier alpha value is -2.32. The molecule has 0 bridgehead atoms. The van der Waals surface area contributed by atoms with Crippen molar-refractivity contribution in [3.8, 4) is 0 Å². The van der Waals surface area contributed by atoms with E-state index in [1.165, 1.54) is 9.80 Å². The highest BCUT2D eigenvalue weighted by molar-refractivity contribution is 5.88. The fourth-order valence-electron chi connectivity index (χ4n) is 1.56. The lowest BCUT2D eigenvalue weighted by molar-refractivity contribution is -0.138. The van der Waals surface area contributed by atoms with Gasteiger partial charge in [0.25, 0.3) is 0 Å². The Labute approximate surface area is 123 Å². The molecule has 9 heteroatoms. The van der Waals surface area contributed by atoms with Gasteiger partial charge in [0, 0.05) is 20.6 Å². The van der Waals surface area contributed by atoms with E-state index in [4.69, 9.17) is 10.8 Å². The molecular formula is C12H22N4O5. The third-order valence-corrected chi connectivity index (χ3v) is 2.53. The van der Waals surface area contributed by atoms with Gasteiger partial charge in [-0.05, 0) is 6.42 Å². The standard InChI is InChI=1S/C12H22N4O5/c1-4-5-15(7-10(18)14(2)3)12(21)16(6-9(13)17)8-11(19)20/h4-8H2,1-3H3,(H2,13,17)(H,19,20). The Balaban J connectivity index is 5.05. The number of primary amides is 1. The normalized spacial score (nSPS) is 9.86. The summed E-state index contributed by atoms with van der Waals surface area (Å²) in [7, 11) is 3.10. The van der Waals surface area contributed by atoms with Gasteiger partial charge in [-0.1, -0.05) is 6.92 Å². The second-order valence-electron chi connectivity index (χ2n) is 4.71.